The van der Waals surface area contributed by atoms with Crippen LogP contribution in [0.4, 0.5) is 17.6 Å². The van der Waals surface area contributed by atoms with Crippen molar-refractivity contribution in [2.45, 2.75) is 13.1 Å². The molecule has 3 aromatic rings. The fourth-order valence-corrected chi connectivity index (χ4v) is 2.59. The van der Waals surface area contributed by atoms with Gasteiger partial charge in [0.05, 0.1) is 5.56 Å². The van der Waals surface area contributed by atoms with Crippen LogP contribution in [0.1, 0.15) is 11.1 Å². The summed E-state index contributed by atoms with van der Waals surface area (Å²) in [5.41, 5.74) is 0.795. The van der Waals surface area contributed by atoms with E-state index < -0.39 is 23.1 Å². The van der Waals surface area contributed by atoms with E-state index >= 15 is 0 Å². The molecule has 3 rings (SSSR count). The van der Waals surface area contributed by atoms with E-state index in [1.54, 1.807) is 19.1 Å². The van der Waals surface area contributed by atoms with Crippen molar-refractivity contribution in [1.29, 1.82) is 0 Å². The van der Waals surface area contributed by atoms with Gasteiger partial charge in [-0.2, -0.15) is 13.2 Å². The molecule has 2 nitrogen and oxygen atoms in total. The van der Waals surface area contributed by atoms with Crippen LogP contribution in [0.5, 0.6) is 0 Å². The van der Waals surface area contributed by atoms with E-state index in [9.17, 15) is 22.4 Å². The Bertz CT molecular complexity index is 972. The first-order chi connectivity index (χ1) is 11.8. The maximum atomic E-state index is 13.1. The van der Waals surface area contributed by atoms with Crippen molar-refractivity contribution in [3.05, 3.63) is 88.1 Å². The van der Waals surface area contributed by atoms with Crippen molar-refractivity contribution in [1.82, 2.24) is 4.57 Å². The predicted molar refractivity (Wildman–Crippen MR) is 87.2 cm³/mol. The number of aromatic nitrogens is 1. The van der Waals surface area contributed by atoms with Gasteiger partial charge in [0, 0.05) is 23.5 Å². The van der Waals surface area contributed by atoms with Crippen LogP contribution in [0.3, 0.4) is 0 Å². The summed E-state index contributed by atoms with van der Waals surface area (Å²) in [5.74, 6) is -0.396. The fourth-order valence-electron chi connectivity index (χ4n) is 2.59. The van der Waals surface area contributed by atoms with Gasteiger partial charge in [0.25, 0.3) is 5.56 Å². The van der Waals surface area contributed by atoms with E-state index in [0.717, 1.165) is 16.7 Å². The molecule has 0 atom stereocenters. The maximum Gasteiger partial charge on any atom is 0.416 e. The molecule has 0 unspecified atom stereocenters. The molecule has 0 spiro atoms. The summed E-state index contributed by atoms with van der Waals surface area (Å²) >= 11 is 0. The number of halogens is 4. The van der Waals surface area contributed by atoms with Crippen LogP contribution in [0.15, 0.2) is 65.6 Å². The number of hydrogen-bond donors (Lipinski definition) is 0. The number of alkyl halides is 3. The van der Waals surface area contributed by atoms with E-state index in [1.807, 2.05) is 0 Å². The molecule has 0 bridgehead atoms. The summed E-state index contributed by atoms with van der Waals surface area (Å²) in [6.07, 6.45) is -3.02. The third-order valence-electron chi connectivity index (χ3n) is 3.87. The predicted octanol–water partition coefficient (Wildman–Crippen LogP) is 4.97. The molecule has 0 amide bonds. The molecular weight excluding hydrogens is 334 g/mol. The second kappa shape index (κ2) is 6.20. The molecule has 0 radical (unpaired) electrons. The van der Waals surface area contributed by atoms with E-state index in [0.29, 0.717) is 16.7 Å². The monoisotopic (exact) mass is 347 g/mol. The molecule has 0 aliphatic rings. The summed E-state index contributed by atoms with van der Waals surface area (Å²) in [4.78, 5) is 12.3. The van der Waals surface area contributed by atoms with Crippen molar-refractivity contribution in [3.63, 3.8) is 0 Å². The number of benzene rings is 2. The van der Waals surface area contributed by atoms with Crippen LogP contribution in [-0.2, 0) is 6.18 Å². The van der Waals surface area contributed by atoms with Crippen molar-refractivity contribution >= 4 is 0 Å². The Kier molecular flexibility index (Phi) is 4.20. The minimum absolute atomic E-state index is 0.114. The van der Waals surface area contributed by atoms with Gasteiger partial charge in [-0.15, -0.1) is 0 Å². The van der Waals surface area contributed by atoms with Crippen LogP contribution in [0.25, 0.3) is 16.8 Å². The van der Waals surface area contributed by atoms with Crippen molar-refractivity contribution in [2.75, 3.05) is 0 Å². The van der Waals surface area contributed by atoms with Crippen LogP contribution in [0.2, 0.25) is 0 Å². The molecule has 0 saturated heterocycles. The zero-order chi connectivity index (χ0) is 18.2. The highest BCUT2D eigenvalue weighted by Gasteiger charge is 2.30. The number of nitrogens with zero attached hydrogens (tertiary/aromatic N) is 1. The van der Waals surface area contributed by atoms with E-state index in [2.05, 4.69) is 0 Å². The number of hydrogen-bond acceptors (Lipinski definition) is 1. The Balaban J connectivity index is 2.16. The second-order valence-electron chi connectivity index (χ2n) is 5.63. The highest BCUT2D eigenvalue weighted by molar-refractivity contribution is 5.66. The summed E-state index contributed by atoms with van der Waals surface area (Å²) in [7, 11) is 0. The first-order valence-corrected chi connectivity index (χ1v) is 7.42. The Morgan fingerprint density at radius 3 is 2.28 bits per heavy atom. The lowest BCUT2D eigenvalue weighted by atomic mass is 10.0. The fraction of sp³-hybridized carbons (Fsp3) is 0.105. The van der Waals surface area contributed by atoms with E-state index in [4.69, 9.17) is 0 Å². The van der Waals surface area contributed by atoms with Gasteiger partial charge < -0.3 is 0 Å². The highest BCUT2D eigenvalue weighted by atomic mass is 19.4. The molecule has 128 valence electrons. The summed E-state index contributed by atoms with van der Waals surface area (Å²) in [6, 6.07) is 11.6. The molecule has 1 aromatic heterocycles. The Hall–Kier alpha value is -2.89. The standard InChI is InChI=1S/C19H13F4NO/c1-12-9-18(25)24(11-17(12)13-5-7-15(20)8-6-13)16-4-2-3-14(10-16)19(21,22)23/h2-11H,1H3. The maximum absolute atomic E-state index is 13.1. The number of aryl methyl sites for hydroxylation is 1. The third-order valence-corrected chi connectivity index (χ3v) is 3.87. The van der Waals surface area contributed by atoms with Gasteiger partial charge in [0.15, 0.2) is 0 Å². The van der Waals surface area contributed by atoms with Gasteiger partial charge in [-0.25, -0.2) is 4.39 Å². The summed E-state index contributed by atoms with van der Waals surface area (Å²) in [5, 5.41) is 0. The zero-order valence-corrected chi connectivity index (χ0v) is 13.1. The van der Waals surface area contributed by atoms with Crippen molar-refractivity contribution in [3.8, 4) is 16.8 Å². The van der Waals surface area contributed by atoms with Crippen LogP contribution in [0, 0.1) is 12.7 Å². The molecule has 0 N–H and O–H groups in total. The van der Waals surface area contributed by atoms with Gasteiger partial charge in [-0.3, -0.25) is 9.36 Å². The van der Waals surface area contributed by atoms with Gasteiger partial charge in [-0.05, 0) is 48.4 Å². The topological polar surface area (TPSA) is 22.0 Å². The molecular formula is C19H13F4NO. The van der Waals surface area contributed by atoms with Crippen molar-refractivity contribution < 1.29 is 17.6 Å². The minimum Gasteiger partial charge on any atom is -0.284 e. The smallest absolute Gasteiger partial charge is 0.284 e. The van der Waals surface area contributed by atoms with Gasteiger partial charge in [0.1, 0.15) is 5.82 Å². The zero-order valence-electron chi connectivity index (χ0n) is 13.1. The largest absolute Gasteiger partial charge is 0.416 e. The Morgan fingerprint density at radius 1 is 0.960 bits per heavy atom. The first kappa shape index (κ1) is 17.0. The molecule has 0 aliphatic carbocycles. The minimum atomic E-state index is -4.50. The molecule has 1 heterocycles. The average molecular weight is 347 g/mol. The van der Waals surface area contributed by atoms with Crippen LogP contribution >= 0.6 is 0 Å². The third kappa shape index (κ3) is 3.47. The lowest BCUT2D eigenvalue weighted by Crippen LogP contribution is -2.18. The molecule has 0 saturated carbocycles. The number of rotatable bonds is 2. The lowest BCUT2D eigenvalue weighted by Gasteiger charge is -2.13. The average Bonchev–Trinajstić information content (AvgIpc) is 2.55. The molecule has 25 heavy (non-hydrogen) atoms. The second-order valence-corrected chi connectivity index (χ2v) is 5.63. The van der Waals surface area contributed by atoms with Crippen LogP contribution < -0.4 is 5.56 Å². The van der Waals surface area contributed by atoms with E-state index in [-0.39, 0.29) is 5.69 Å². The quantitative estimate of drug-likeness (QED) is 0.600. The normalized spacial score (nSPS) is 11.6. The van der Waals surface area contributed by atoms with E-state index in [1.165, 1.54) is 36.5 Å². The number of pyridine rings is 1. The molecule has 6 heteroatoms. The summed E-state index contributed by atoms with van der Waals surface area (Å²) in [6.45, 7) is 1.72. The Morgan fingerprint density at radius 2 is 1.64 bits per heavy atom. The molecule has 0 aliphatic heterocycles. The SMILES string of the molecule is Cc1cc(=O)n(-c2cccc(C(F)(F)F)c2)cc1-c1ccc(F)cc1. The highest BCUT2D eigenvalue weighted by Crippen LogP contribution is 2.30. The van der Waals surface area contributed by atoms with Gasteiger partial charge >= 0.3 is 6.18 Å². The van der Waals surface area contributed by atoms with Crippen molar-refractivity contribution in [2.24, 2.45) is 0 Å². The van der Waals surface area contributed by atoms with Gasteiger partial charge in [0.2, 0.25) is 0 Å². The summed E-state index contributed by atoms with van der Waals surface area (Å²) < 4.78 is 53.0. The molecule has 2 aromatic carbocycles. The molecule has 0 fully saturated rings. The van der Waals surface area contributed by atoms with Gasteiger partial charge in [-0.1, -0.05) is 18.2 Å². The Labute approximate surface area is 141 Å². The first-order valence-electron chi connectivity index (χ1n) is 7.42. The van der Waals surface area contributed by atoms with Crippen LogP contribution in [-0.4, -0.2) is 4.57 Å². The lowest BCUT2D eigenvalue weighted by molar-refractivity contribution is -0.137.